The Morgan fingerprint density at radius 1 is 1.61 bits per heavy atom. The fourth-order valence-electron chi connectivity index (χ4n) is 2.53. The van der Waals surface area contributed by atoms with Crippen molar-refractivity contribution >= 4 is 16.5 Å². The molecule has 1 aromatic rings. The molecule has 0 radical (unpaired) electrons. The van der Waals surface area contributed by atoms with E-state index in [9.17, 15) is 0 Å². The fourth-order valence-corrected chi connectivity index (χ4v) is 3.84. The number of methoxy groups -OCH3 is 1. The highest BCUT2D eigenvalue weighted by atomic mass is 32.1. The van der Waals surface area contributed by atoms with E-state index in [0.717, 1.165) is 37.5 Å². The standard InChI is InChI=1S/C13H23N3OS/c1-4-16(9(2)8-17-3)13-15-11-7-5-6-10(14)12(11)18-13/h9-10H,4-8,14H2,1-3H3. The predicted octanol–water partition coefficient (Wildman–Crippen LogP) is 2.34. The molecule has 1 aliphatic rings. The maximum Gasteiger partial charge on any atom is 0.186 e. The summed E-state index contributed by atoms with van der Waals surface area (Å²) < 4.78 is 5.24. The Hall–Kier alpha value is -0.650. The van der Waals surface area contributed by atoms with Crippen LogP contribution in [0.1, 0.15) is 43.3 Å². The van der Waals surface area contributed by atoms with Gasteiger partial charge in [-0.1, -0.05) is 11.3 Å². The topological polar surface area (TPSA) is 51.4 Å². The number of ether oxygens (including phenoxy) is 1. The predicted molar refractivity (Wildman–Crippen MR) is 76.3 cm³/mol. The van der Waals surface area contributed by atoms with Crippen molar-refractivity contribution < 1.29 is 4.74 Å². The summed E-state index contributed by atoms with van der Waals surface area (Å²) in [6, 6.07) is 0.542. The van der Waals surface area contributed by atoms with Gasteiger partial charge in [-0.05, 0) is 33.1 Å². The van der Waals surface area contributed by atoms with Crippen LogP contribution >= 0.6 is 11.3 Å². The lowest BCUT2D eigenvalue weighted by molar-refractivity contribution is 0.182. The normalized spacial score (nSPS) is 20.6. The summed E-state index contributed by atoms with van der Waals surface area (Å²) in [6.07, 6.45) is 3.33. The largest absolute Gasteiger partial charge is 0.383 e. The molecule has 1 aromatic heterocycles. The van der Waals surface area contributed by atoms with Crippen molar-refractivity contribution in [2.24, 2.45) is 5.73 Å². The SMILES string of the molecule is CCN(c1nc2c(s1)C(N)CCC2)C(C)COC. The van der Waals surface area contributed by atoms with Gasteiger partial charge in [0, 0.05) is 24.6 Å². The second kappa shape index (κ2) is 5.99. The van der Waals surface area contributed by atoms with Crippen molar-refractivity contribution in [1.82, 2.24) is 4.98 Å². The van der Waals surface area contributed by atoms with Gasteiger partial charge in [0.05, 0.1) is 18.3 Å². The van der Waals surface area contributed by atoms with Crippen LogP contribution in [0.4, 0.5) is 5.13 Å². The molecule has 5 heteroatoms. The maximum absolute atomic E-state index is 6.16. The quantitative estimate of drug-likeness (QED) is 0.891. The summed E-state index contributed by atoms with van der Waals surface area (Å²) in [5.41, 5.74) is 7.38. The van der Waals surface area contributed by atoms with Gasteiger partial charge in [-0.3, -0.25) is 0 Å². The summed E-state index contributed by atoms with van der Waals surface area (Å²) in [7, 11) is 1.74. The van der Waals surface area contributed by atoms with Crippen molar-refractivity contribution in [2.45, 2.75) is 45.2 Å². The van der Waals surface area contributed by atoms with E-state index in [0.29, 0.717) is 6.04 Å². The van der Waals surface area contributed by atoms with Crippen molar-refractivity contribution in [3.05, 3.63) is 10.6 Å². The first-order chi connectivity index (χ1) is 8.67. The van der Waals surface area contributed by atoms with E-state index in [4.69, 9.17) is 15.5 Å². The first kappa shape index (κ1) is 13.8. The molecule has 0 spiro atoms. The monoisotopic (exact) mass is 269 g/mol. The van der Waals surface area contributed by atoms with Crippen LogP contribution in [0.3, 0.4) is 0 Å². The number of aryl methyl sites for hydroxylation is 1. The third-order valence-corrected chi connectivity index (χ3v) is 4.77. The summed E-state index contributed by atoms with van der Waals surface area (Å²) in [6.45, 7) is 6.01. The Labute approximate surface area is 113 Å². The first-order valence-electron chi connectivity index (χ1n) is 6.68. The average Bonchev–Trinajstić information content (AvgIpc) is 2.75. The highest BCUT2D eigenvalue weighted by molar-refractivity contribution is 7.15. The lowest BCUT2D eigenvalue weighted by Crippen LogP contribution is -2.36. The van der Waals surface area contributed by atoms with Crippen LogP contribution in [0.5, 0.6) is 0 Å². The van der Waals surface area contributed by atoms with Crippen molar-refractivity contribution in [3.8, 4) is 0 Å². The van der Waals surface area contributed by atoms with E-state index >= 15 is 0 Å². The molecule has 0 fully saturated rings. The molecule has 1 heterocycles. The first-order valence-corrected chi connectivity index (χ1v) is 7.49. The van der Waals surface area contributed by atoms with Gasteiger partial charge in [0.15, 0.2) is 5.13 Å². The minimum absolute atomic E-state index is 0.191. The molecule has 2 N–H and O–H groups in total. The van der Waals surface area contributed by atoms with Gasteiger partial charge in [-0.25, -0.2) is 4.98 Å². The van der Waals surface area contributed by atoms with Crippen LogP contribution < -0.4 is 10.6 Å². The molecule has 1 aliphatic carbocycles. The zero-order valence-electron chi connectivity index (χ0n) is 11.5. The molecule has 0 saturated heterocycles. The van der Waals surface area contributed by atoms with Gasteiger partial charge >= 0.3 is 0 Å². The fraction of sp³-hybridized carbons (Fsp3) is 0.769. The zero-order chi connectivity index (χ0) is 13.1. The number of nitrogens with zero attached hydrogens (tertiary/aromatic N) is 2. The number of likely N-dealkylation sites (N-methyl/N-ethyl adjacent to an activating group) is 1. The number of hydrogen-bond acceptors (Lipinski definition) is 5. The molecular formula is C13H23N3OS. The van der Waals surface area contributed by atoms with Crippen molar-refractivity contribution in [2.75, 3.05) is 25.2 Å². The van der Waals surface area contributed by atoms with Crippen LogP contribution in [0.25, 0.3) is 0 Å². The van der Waals surface area contributed by atoms with Gasteiger partial charge in [0.1, 0.15) is 0 Å². The minimum atomic E-state index is 0.191. The number of nitrogens with two attached hydrogens (primary N) is 1. The maximum atomic E-state index is 6.16. The smallest absolute Gasteiger partial charge is 0.186 e. The number of aromatic nitrogens is 1. The Bertz CT molecular complexity index is 394. The second-order valence-electron chi connectivity index (χ2n) is 4.90. The van der Waals surface area contributed by atoms with Gasteiger partial charge in [-0.15, -0.1) is 0 Å². The van der Waals surface area contributed by atoms with E-state index in [1.165, 1.54) is 10.6 Å². The molecule has 102 valence electrons. The van der Waals surface area contributed by atoms with Crippen LogP contribution in [0.15, 0.2) is 0 Å². The van der Waals surface area contributed by atoms with Crippen LogP contribution in [0, 0.1) is 0 Å². The Morgan fingerprint density at radius 3 is 3.00 bits per heavy atom. The summed E-state index contributed by atoms with van der Waals surface area (Å²) in [5.74, 6) is 0. The Morgan fingerprint density at radius 2 is 2.39 bits per heavy atom. The summed E-state index contributed by atoms with van der Waals surface area (Å²) in [5, 5.41) is 1.10. The van der Waals surface area contributed by atoms with Crippen molar-refractivity contribution in [3.63, 3.8) is 0 Å². The molecule has 2 rings (SSSR count). The number of rotatable bonds is 5. The van der Waals surface area contributed by atoms with Gasteiger partial charge in [0.2, 0.25) is 0 Å². The molecule has 0 amide bonds. The number of anilines is 1. The van der Waals surface area contributed by atoms with Crippen molar-refractivity contribution in [1.29, 1.82) is 0 Å². The molecule has 0 aromatic carbocycles. The third kappa shape index (κ3) is 2.68. The molecule has 0 aliphatic heterocycles. The third-order valence-electron chi connectivity index (χ3n) is 3.51. The molecule has 0 saturated carbocycles. The lowest BCUT2D eigenvalue weighted by Gasteiger charge is -2.26. The molecule has 0 bridgehead atoms. The Balaban J connectivity index is 2.21. The van der Waals surface area contributed by atoms with Crippen LogP contribution in [0.2, 0.25) is 0 Å². The molecule has 4 nitrogen and oxygen atoms in total. The molecule has 2 atom stereocenters. The van der Waals surface area contributed by atoms with E-state index in [1.807, 2.05) is 0 Å². The molecular weight excluding hydrogens is 246 g/mol. The van der Waals surface area contributed by atoms with E-state index in [1.54, 1.807) is 18.4 Å². The van der Waals surface area contributed by atoms with Gasteiger partial charge in [-0.2, -0.15) is 0 Å². The van der Waals surface area contributed by atoms with Gasteiger partial charge < -0.3 is 15.4 Å². The number of hydrogen-bond donors (Lipinski definition) is 1. The summed E-state index contributed by atoms with van der Waals surface area (Å²) >= 11 is 1.76. The molecule has 2 unspecified atom stereocenters. The highest BCUT2D eigenvalue weighted by Gasteiger charge is 2.24. The zero-order valence-corrected chi connectivity index (χ0v) is 12.3. The molecule has 18 heavy (non-hydrogen) atoms. The van der Waals surface area contributed by atoms with Crippen LogP contribution in [-0.4, -0.2) is 31.3 Å². The average molecular weight is 269 g/mol. The van der Waals surface area contributed by atoms with E-state index in [-0.39, 0.29) is 6.04 Å². The Kier molecular flexibility index (Phi) is 4.59. The second-order valence-corrected chi connectivity index (χ2v) is 5.91. The lowest BCUT2D eigenvalue weighted by atomic mass is 9.99. The van der Waals surface area contributed by atoms with Gasteiger partial charge in [0.25, 0.3) is 0 Å². The van der Waals surface area contributed by atoms with E-state index < -0.39 is 0 Å². The van der Waals surface area contributed by atoms with E-state index in [2.05, 4.69) is 18.7 Å². The summed E-state index contributed by atoms with van der Waals surface area (Å²) in [4.78, 5) is 8.38. The van der Waals surface area contributed by atoms with Crippen LogP contribution in [-0.2, 0) is 11.2 Å². The highest BCUT2D eigenvalue weighted by Crippen LogP contribution is 2.36. The number of fused-ring (bicyclic) bond motifs is 1. The minimum Gasteiger partial charge on any atom is -0.383 e. The number of thiazole rings is 1.